The maximum atomic E-state index is 5.39. The normalized spacial score (nSPS) is 10.4. The lowest BCUT2D eigenvalue weighted by Crippen LogP contribution is -2.30. The fourth-order valence-electron chi connectivity index (χ4n) is 2.08. The van der Waals surface area contributed by atoms with Crippen LogP contribution in [0.5, 0.6) is 0 Å². The Labute approximate surface area is 153 Å². The van der Waals surface area contributed by atoms with E-state index >= 15 is 0 Å². The fraction of sp³-hybridized carbons (Fsp3) is 0.118. The molecule has 1 aromatic heterocycles. The Morgan fingerprint density at radius 1 is 1.21 bits per heavy atom. The molecule has 0 aliphatic rings. The van der Waals surface area contributed by atoms with Crippen LogP contribution in [0.25, 0.3) is 11.4 Å². The molecule has 0 saturated heterocycles. The van der Waals surface area contributed by atoms with Crippen LogP contribution in [0.2, 0.25) is 0 Å². The molecule has 122 valence electrons. The van der Waals surface area contributed by atoms with Crippen LogP contribution in [0.1, 0.15) is 5.89 Å². The van der Waals surface area contributed by atoms with Gasteiger partial charge in [0.05, 0.1) is 6.54 Å². The molecule has 0 aliphatic carbocycles. The van der Waals surface area contributed by atoms with Crippen molar-refractivity contribution in [2.75, 3.05) is 12.4 Å². The van der Waals surface area contributed by atoms with E-state index in [1.54, 1.807) is 0 Å². The van der Waals surface area contributed by atoms with Crippen LogP contribution in [0.15, 0.2) is 63.6 Å². The Bertz CT molecular complexity index is 837. The van der Waals surface area contributed by atoms with Gasteiger partial charge in [-0.3, -0.25) is 0 Å². The Hall–Kier alpha value is -2.25. The van der Waals surface area contributed by atoms with Gasteiger partial charge in [-0.2, -0.15) is 4.98 Å². The monoisotopic (exact) mass is 402 g/mol. The largest absolute Gasteiger partial charge is 0.343 e. The minimum atomic E-state index is 0.430. The zero-order valence-electron chi connectivity index (χ0n) is 12.9. The van der Waals surface area contributed by atoms with Gasteiger partial charge in [-0.25, -0.2) is 0 Å². The number of halogens is 1. The molecule has 0 atom stereocenters. The molecule has 0 spiro atoms. The van der Waals surface area contributed by atoms with E-state index in [0.29, 0.717) is 23.4 Å². The van der Waals surface area contributed by atoms with Gasteiger partial charge >= 0.3 is 0 Å². The summed E-state index contributed by atoms with van der Waals surface area (Å²) in [7, 11) is 1.88. The van der Waals surface area contributed by atoms with E-state index in [4.69, 9.17) is 16.7 Å². The summed E-state index contributed by atoms with van der Waals surface area (Å²) in [6.07, 6.45) is 0. The first-order valence-corrected chi connectivity index (χ1v) is 8.47. The van der Waals surface area contributed by atoms with Crippen molar-refractivity contribution in [3.05, 3.63) is 65.0 Å². The molecule has 1 N–H and O–H groups in total. The van der Waals surface area contributed by atoms with E-state index in [-0.39, 0.29) is 0 Å². The summed E-state index contributed by atoms with van der Waals surface area (Å²) in [5.74, 6) is 1.06. The standard InChI is InChI=1S/C17H15BrN4OS/c1-22(17(24)19-14-8-3-2-4-9-14)11-15-20-16(21-23-15)12-6-5-7-13(18)10-12/h2-10H,11H2,1H3,(H,19,24). The number of para-hydroxylation sites is 1. The molecule has 3 aromatic rings. The van der Waals surface area contributed by atoms with Crippen LogP contribution in [-0.4, -0.2) is 27.2 Å². The molecule has 0 amide bonds. The van der Waals surface area contributed by atoms with Crippen LogP contribution < -0.4 is 5.32 Å². The lowest BCUT2D eigenvalue weighted by Gasteiger charge is -2.19. The van der Waals surface area contributed by atoms with Crippen molar-refractivity contribution in [3.63, 3.8) is 0 Å². The van der Waals surface area contributed by atoms with Crippen molar-refractivity contribution < 1.29 is 4.52 Å². The second-order valence-electron chi connectivity index (χ2n) is 5.17. The maximum absolute atomic E-state index is 5.39. The van der Waals surface area contributed by atoms with E-state index in [0.717, 1.165) is 15.7 Å². The summed E-state index contributed by atoms with van der Waals surface area (Å²) in [6.45, 7) is 0.430. The molecular formula is C17H15BrN4OS. The van der Waals surface area contributed by atoms with Crippen LogP contribution in [0.4, 0.5) is 5.69 Å². The van der Waals surface area contributed by atoms with Crippen molar-refractivity contribution in [2.45, 2.75) is 6.54 Å². The average molecular weight is 403 g/mol. The van der Waals surface area contributed by atoms with Gasteiger partial charge in [-0.1, -0.05) is 51.4 Å². The SMILES string of the molecule is CN(Cc1nc(-c2cccc(Br)c2)no1)C(=S)Nc1ccccc1. The Kier molecular flexibility index (Phi) is 5.22. The van der Waals surface area contributed by atoms with Gasteiger partial charge in [0, 0.05) is 22.8 Å². The first kappa shape index (κ1) is 16.6. The van der Waals surface area contributed by atoms with Gasteiger partial charge in [0.15, 0.2) is 5.11 Å². The van der Waals surface area contributed by atoms with Crippen LogP contribution in [0, 0.1) is 0 Å². The highest BCUT2D eigenvalue weighted by molar-refractivity contribution is 9.10. The second-order valence-corrected chi connectivity index (χ2v) is 6.48. The van der Waals surface area contributed by atoms with Gasteiger partial charge in [0.25, 0.3) is 0 Å². The summed E-state index contributed by atoms with van der Waals surface area (Å²) < 4.78 is 6.29. The number of rotatable bonds is 4. The highest BCUT2D eigenvalue weighted by atomic mass is 79.9. The third-order valence-electron chi connectivity index (χ3n) is 3.30. The quantitative estimate of drug-likeness (QED) is 0.655. The lowest BCUT2D eigenvalue weighted by atomic mass is 10.2. The average Bonchev–Trinajstić information content (AvgIpc) is 3.04. The molecule has 5 nitrogen and oxygen atoms in total. The topological polar surface area (TPSA) is 54.2 Å². The van der Waals surface area contributed by atoms with E-state index in [2.05, 4.69) is 31.4 Å². The Morgan fingerprint density at radius 2 is 2.00 bits per heavy atom. The molecule has 0 saturated carbocycles. The third kappa shape index (κ3) is 4.18. The highest BCUT2D eigenvalue weighted by Gasteiger charge is 2.13. The van der Waals surface area contributed by atoms with Gasteiger partial charge in [0.2, 0.25) is 11.7 Å². The summed E-state index contributed by atoms with van der Waals surface area (Å²) in [5.41, 5.74) is 1.83. The smallest absolute Gasteiger partial charge is 0.246 e. The van der Waals surface area contributed by atoms with Crippen molar-refractivity contribution in [2.24, 2.45) is 0 Å². The minimum absolute atomic E-state index is 0.430. The second kappa shape index (κ2) is 7.55. The molecule has 7 heteroatoms. The number of nitrogens with one attached hydrogen (secondary N) is 1. The predicted octanol–water partition coefficient (Wildman–Crippen LogP) is 4.33. The molecule has 1 heterocycles. The van der Waals surface area contributed by atoms with Crippen molar-refractivity contribution >= 4 is 38.9 Å². The van der Waals surface area contributed by atoms with Gasteiger partial charge in [0.1, 0.15) is 0 Å². The van der Waals surface area contributed by atoms with E-state index in [9.17, 15) is 0 Å². The first-order chi connectivity index (χ1) is 11.6. The summed E-state index contributed by atoms with van der Waals surface area (Å²) in [4.78, 5) is 6.27. The molecule has 3 rings (SSSR count). The zero-order chi connectivity index (χ0) is 16.9. The number of thiocarbonyl (C=S) groups is 1. The molecule has 0 radical (unpaired) electrons. The van der Waals surface area contributed by atoms with E-state index < -0.39 is 0 Å². The molecule has 0 bridgehead atoms. The zero-order valence-corrected chi connectivity index (χ0v) is 15.3. The molecular weight excluding hydrogens is 388 g/mol. The van der Waals surface area contributed by atoms with E-state index in [1.165, 1.54) is 0 Å². The maximum Gasteiger partial charge on any atom is 0.246 e. The minimum Gasteiger partial charge on any atom is -0.343 e. The van der Waals surface area contributed by atoms with Crippen molar-refractivity contribution in [3.8, 4) is 11.4 Å². The number of hydrogen-bond donors (Lipinski definition) is 1. The van der Waals surface area contributed by atoms with Gasteiger partial charge < -0.3 is 14.7 Å². The fourth-order valence-corrected chi connectivity index (χ4v) is 2.66. The number of nitrogens with zero attached hydrogens (tertiary/aromatic N) is 3. The summed E-state index contributed by atoms with van der Waals surface area (Å²) in [5, 5.41) is 7.78. The Morgan fingerprint density at radius 3 is 2.75 bits per heavy atom. The lowest BCUT2D eigenvalue weighted by molar-refractivity contribution is 0.336. The van der Waals surface area contributed by atoms with Crippen molar-refractivity contribution in [1.29, 1.82) is 0 Å². The van der Waals surface area contributed by atoms with Gasteiger partial charge in [-0.15, -0.1) is 0 Å². The van der Waals surface area contributed by atoms with Crippen molar-refractivity contribution in [1.82, 2.24) is 15.0 Å². The number of aromatic nitrogens is 2. The molecule has 0 fully saturated rings. The van der Waals surface area contributed by atoms with Crippen LogP contribution in [0.3, 0.4) is 0 Å². The van der Waals surface area contributed by atoms with Gasteiger partial charge in [-0.05, 0) is 36.5 Å². The predicted molar refractivity (Wildman–Crippen MR) is 102 cm³/mol. The first-order valence-electron chi connectivity index (χ1n) is 7.27. The number of anilines is 1. The van der Waals surface area contributed by atoms with Crippen LogP contribution >= 0.6 is 28.1 Å². The molecule has 24 heavy (non-hydrogen) atoms. The molecule has 2 aromatic carbocycles. The third-order valence-corrected chi connectivity index (χ3v) is 4.20. The highest BCUT2D eigenvalue weighted by Crippen LogP contribution is 2.20. The van der Waals surface area contributed by atoms with Crippen LogP contribution in [-0.2, 0) is 6.54 Å². The summed E-state index contributed by atoms with van der Waals surface area (Å²) in [6, 6.07) is 17.5. The molecule has 0 aliphatic heterocycles. The number of benzene rings is 2. The molecule has 0 unspecified atom stereocenters. The Balaban J connectivity index is 1.65. The number of hydrogen-bond acceptors (Lipinski definition) is 4. The van der Waals surface area contributed by atoms with E-state index in [1.807, 2.05) is 66.5 Å². The summed E-state index contributed by atoms with van der Waals surface area (Å²) >= 11 is 8.83.